The van der Waals surface area contributed by atoms with E-state index >= 15 is 0 Å². The molecule has 1 amide bonds. The molecule has 1 aliphatic heterocycles. The normalized spacial score (nSPS) is 23.6. The van der Waals surface area contributed by atoms with Gasteiger partial charge in [-0.2, -0.15) is 0 Å². The van der Waals surface area contributed by atoms with E-state index in [1.807, 2.05) is 34.7 Å². The van der Waals surface area contributed by atoms with Gasteiger partial charge in [0.25, 0.3) is 5.91 Å². The third-order valence-electron chi connectivity index (χ3n) is 8.86. The Morgan fingerprint density at radius 3 is 2.66 bits per heavy atom. The average Bonchev–Trinajstić information content (AvgIpc) is 3.32. The van der Waals surface area contributed by atoms with E-state index in [1.54, 1.807) is 13.2 Å². The lowest BCUT2D eigenvalue weighted by Crippen LogP contribution is -2.41. The van der Waals surface area contributed by atoms with Crippen molar-refractivity contribution in [1.82, 2.24) is 24.0 Å². The maximum Gasteiger partial charge on any atom is 0.254 e. The van der Waals surface area contributed by atoms with Gasteiger partial charge in [0, 0.05) is 43.2 Å². The first-order valence-corrected chi connectivity index (χ1v) is 13.6. The molecule has 7 rings (SSSR count). The predicted molar refractivity (Wildman–Crippen MR) is 144 cm³/mol. The number of aryl methyl sites for hydroxylation is 1. The molecule has 3 aromatic heterocycles. The highest BCUT2D eigenvalue weighted by atomic mass is 19.1. The van der Waals surface area contributed by atoms with Crippen molar-refractivity contribution in [3.05, 3.63) is 41.6 Å². The molecule has 4 atom stereocenters. The molecule has 1 unspecified atom stereocenters. The maximum absolute atomic E-state index is 14.1. The van der Waals surface area contributed by atoms with E-state index in [0.717, 1.165) is 47.5 Å². The first-order chi connectivity index (χ1) is 18.3. The summed E-state index contributed by atoms with van der Waals surface area (Å²) < 4.78 is 24.1. The lowest BCUT2D eigenvalue weighted by atomic mass is 10.1. The zero-order valence-corrected chi connectivity index (χ0v) is 22.0. The second-order valence-corrected chi connectivity index (χ2v) is 11.3. The largest absolute Gasteiger partial charge is 0.494 e. The Labute approximate surface area is 220 Å². The Kier molecular flexibility index (Phi) is 5.30. The first kappa shape index (κ1) is 23.6. The van der Waals surface area contributed by atoms with Crippen LogP contribution in [0.3, 0.4) is 0 Å². The number of amides is 1. The Bertz CT molecular complexity index is 1590. The van der Waals surface area contributed by atoms with E-state index < -0.39 is 6.17 Å². The van der Waals surface area contributed by atoms with Crippen LogP contribution < -0.4 is 10.5 Å². The summed E-state index contributed by atoms with van der Waals surface area (Å²) in [6.07, 6.45) is 3.29. The third-order valence-corrected chi connectivity index (χ3v) is 8.86. The average molecular weight is 517 g/mol. The summed E-state index contributed by atoms with van der Waals surface area (Å²) in [4.78, 5) is 25.2. The minimum Gasteiger partial charge on any atom is -0.494 e. The summed E-state index contributed by atoms with van der Waals surface area (Å²) in [5, 5.41) is 0.959. The molecule has 2 N–H and O–H groups in total. The van der Waals surface area contributed by atoms with Crippen LogP contribution in [0.5, 0.6) is 5.75 Å². The number of fused-ring (bicyclic) bond motifs is 4. The Morgan fingerprint density at radius 1 is 1.18 bits per heavy atom. The number of carbonyl (C=O) groups excluding carboxylic acids is 1. The molecule has 8 nitrogen and oxygen atoms in total. The van der Waals surface area contributed by atoms with Gasteiger partial charge in [-0.05, 0) is 74.8 Å². The number of piperidine rings is 1. The number of hydrogen-bond acceptors (Lipinski definition) is 5. The van der Waals surface area contributed by atoms with Gasteiger partial charge >= 0.3 is 0 Å². The minimum atomic E-state index is -1.14. The maximum atomic E-state index is 14.1. The van der Waals surface area contributed by atoms with Crippen molar-refractivity contribution in [2.75, 3.05) is 13.7 Å². The summed E-state index contributed by atoms with van der Waals surface area (Å²) >= 11 is 0. The number of nitrogens with zero attached hydrogens (tertiary/aromatic N) is 5. The zero-order valence-electron chi connectivity index (χ0n) is 22.0. The van der Waals surface area contributed by atoms with Crippen molar-refractivity contribution < 1.29 is 13.9 Å². The standard InChI is InChI=1S/C29H33FN6O2/c1-15(30)20-8-6-17-11-23(35(27(17)32-20)13-16-4-5-16)28-33-21-10-19(12-24(38-3)26(21)34(28)2)29(37)36-14-18-7-9-22(36)25(18)31/h6,8,10-12,15-16,18,22,25H,4-5,7,9,13-14,31H2,1-3H3/t15?,18-,22-,25-/m1/s1. The number of carbonyl (C=O) groups is 1. The summed E-state index contributed by atoms with van der Waals surface area (Å²) in [5.41, 5.74) is 10.6. The second kappa shape index (κ2) is 8.53. The Hall–Kier alpha value is -3.46. The van der Waals surface area contributed by atoms with Crippen molar-refractivity contribution >= 4 is 28.0 Å². The molecule has 3 aliphatic rings. The number of nitrogens with two attached hydrogens (primary N) is 1. The fourth-order valence-corrected chi connectivity index (χ4v) is 6.56. The van der Waals surface area contributed by atoms with Gasteiger partial charge in [-0.15, -0.1) is 0 Å². The number of rotatable bonds is 6. The molecule has 2 bridgehead atoms. The predicted octanol–water partition coefficient (Wildman–Crippen LogP) is 4.60. The lowest BCUT2D eigenvalue weighted by molar-refractivity contribution is 0.0700. The number of hydrogen-bond donors (Lipinski definition) is 1. The number of aromatic nitrogens is 4. The van der Waals surface area contributed by atoms with Crippen LogP contribution in [0, 0.1) is 11.8 Å². The molecule has 9 heteroatoms. The van der Waals surface area contributed by atoms with Gasteiger partial charge in [0.2, 0.25) is 0 Å². The molecule has 0 radical (unpaired) electrons. The molecule has 2 saturated carbocycles. The highest BCUT2D eigenvalue weighted by molar-refractivity contribution is 6.00. The van der Waals surface area contributed by atoms with Crippen LogP contribution in [0.4, 0.5) is 4.39 Å². The van der Waals surface area contributed by atoms with Crippen LogP contribution in [0.25, 0.3) is 33.6 Å². The van der Waals surface area contributed by atoms with E-state index in [4.69, 9.17) is 20.4 Å². The van der Waals surface area contributed by atoms with Crippen molar-refractivity contribution in [3.63, 3.8) is 0 Å². The molecule has 4 heterocycles. The van der Waals surface area contributed by atoms with Crippen LogP contribution in [-0.2, 0) is 13.6 Å². The molecule has 4 aromatic rings. The van der Waals surface area contributed by atoms with E-state index in [-0.39, 0.29) is 18.0 Å². The van der Waals surface area contributed by atoms with Crippen molar-refractivity contribution in [3.8, 4) is 17.3 Å². The van der Waals surface area contributed by atoms with Gasteiger partial charge in [0.1, 0.15) is 23.1 Å². The quantitative estimate of drug-likeness (QED) is 0.404. The smallest absolute Gasteiger partial charge is 0.254 e. The molecule has 0 spiro atoms. The molecule has 1 saturated heterocycles. The molecular formula is C29H33FN6O2. The van der Waals surface area contributed by atoms with Crippen molar-refractivity contribution in [2.45, 2.75) is 57.4 Å². The summed E-state index contributed by atoms with van der Waals surface area (Å²) in [7, 11) is 3.59. The molecule has 2 aliphatic carbocycles. The molecular weight excluding hydrogens is 483 g/mol. The van der Waals surface area contributed by atoms with Crippen molar-refractivity contribution in [2.24, 2.45) is 24.6 Å². The number of halogens is 1. The number of alkyl halides is 1. The van der Waals surface area contributed by atoms with E-state index in [1.165, 1.54) is 19.8 Å². The summed E-state index contributed by atoms with van der Waals surface area (Å²) in [5.74, 6) is 2.34. The molecule has 198 valence electrons. The first-order valence-electron chi connectivity index (χ1n) is 13.6. The highest BCUT2D eigenvalue weighted by Gasteiger charge is 2.47. The Balaban J connectivity index is 1.35. The van der Waals surface area contributed by atoms with Gasteiger partial charge in [-0.25, -0.2) is 14.4 Å². The van der Waals surface area contributed by atoms with Gasteiger partial charge < -0.3 is 24.5 Å². The summed E-state index contributed by atoms with van der Waals surface area (Å²) in [6.45, 7) is 3.05. The third kappa shape index (κ3) is 3.55. The van der Waals surface area contributed by atoms with E-state index in [2.05, 4.69) is 10.6 Å². The molecule has 1 aromatic carbocycles. The fraction of sp³-hybridized carbons (Fsp3) is 0.483. The minimum absolute atomic E-state index is 0.0139. The Morgan fingerprint density at radius 2 is 2.00 bits per heavy atom. The van der Waals surface area contributed by atoms with Crippen LogP contribution in [0.2, 0.25) is 0 Å². The van der Waals surface area contributed by atoms with Gasteiger partial charge in [0.15, 0.2) is 5.82 Å². The molecule has 38 heavy (non-hydrogen) atoms. The topological polar surface area (TPSA) is 91.2 Å². The second-order valence-electron chi connectivity index (χ2n) is 11.3. The van der Waals surface area contributed by atoms with Crippen LogP contribution in [-0.4, -0.2) is 55.6 Å². The number of imidazole rings is 1. The highest BCUT2D eigenvalue weighted by Crippen LogP contribution is 2.40. The number of pyridine rings is 1. The number of methoxy groups -OCH3 is 1. The van der Waals surface area contributed by atoms with Gasteiger partial charge in [-0.1, -0.05) is 0 Å². The van der Waals surface area contributed by atoms with Crippen LogP contribution in [0.15, 0.2) is 30.3 Å². The van der Waals surface area contributed by atoms with Gasteiger partial charge in [-0.3, -0.25) is 4.79 Å². The summed E-state index contributed by atoms with van der Waals surface area (Å²) in [6, 6.07) is 9.64. The fourth-order valence-electron chi connectivity index (χ4n) is 6.56. The molecule has 3 fully saturated rings. The number of benzene rings is 1. The zero-order chi connectivity index (χ0) is 26.3. The number of ether oxygens (including phenoxy) is 1. The van der Waals surface area contributed by atoms with E-state index in [9.17, 15) is 9.18 Å². The van der Waals surface area contributed by atoms with Crippen LogP contribution in [0.1, 0.15) is 54.8 Å². The van der Waals surface area contributed by atoms with Crippen molar-refractivity contribution in [1.29, 1.82) is 0 Å². The van der Waals surface area contributed by atoms with Gasteiger partial charge in [0.05, 0.1) is 24.0 Å². The number of likely N-dealkylation sites (tertiary alicyclic amines) is 1. The lowest BCUT2D eigenvalue weighted by Gasteiger charge is -2.27. The SMILES string of the molecule is COc1cc(C(=O)N2C[C@H]3CC[C@@H]2[C@@H]3N)cc2nc(-c3cc4ccc(C(C)F)nc4n3CC3CC3)n(C)c12. The van der Waals surface area contributed by atoms with Crippen LogP contribution >= 0.6 is 0 Å². The van der Waals surface area contributed by atoms with E-state index in [0.29, 0.717) is 40.9 Å². The monoisotopic (exact) mass is 516 g/mol.